The maximum atomic E-state index is 11.6. The summed E-state index contributed by atoms with van der Waals surface area (Å²) in [7, 11) is 0. The first kappa shape index (κ1) is 45.2. The van der Waals surface area contributed by atoms with Crippen LogP contribution in [0.1, 0.15) is 85.5 Å². The Morgan fingerprint density at radius 2 is 1.36 bits per heavy atom. The Balaban J connectivity index is 0.924. The summed E-state index contributed by atoms with van der Waals surface area (Å²) in [6.07, 6.45) is -12.1. The van der Waals surface area contributed by atoms with Gasteiger partial charge in [0.2, 0.25) is 0 Å². The van der Waals surface area contributed by atoms with E-state index in [9.17, 15) is 46.0 Å². The molecule has 0 amide bonds. The fourth-order valence-corrected chi connectivity index (χ4v) is 13.6. The van der Waals surface area contributed by atoms with Crippen LogP contribution in [0.5, 0.6) is 0 Å². The Labute approximate surface area is 357 Å². The van der Waals surface area contributed by atoms with E-state index in [1.807, 2.05) is 0 Å². The molecule has 9 aliphatic rings. The third-order valence-corrected chi connectivity index (χ3v) is 17.0. The summed E-state index contributed by atoms with van der Waals surface area (Å²) in [6.45, 7) is 8.01. The first-order valence-corrected chi connectivity index (χ1v) is 23.0. The van der Waals surface area contributed by atoms with Crippen LogP contribution < -0.4 is 0 Å². The molecule has 17 nitrogen and oxygen atoms in total. The quantitative estimate of drug-likeness (QED) is 0.144. The highest BCUT2D eigenvalue weighted by molar-refractivity contribution is 5.22. The van der Waals surface area contributed by atoms with Gasteiger partial charge in [-0.1, -0.05) is 32.4 Å². The fraction of sp³-hybridized carbons (Fsp3) is 0.955. The van der Waals surface area contributed by atoms with Crippen molar-refractivity contribution in [1.82, 2.24) is 0 Å². The minimum Gasteiger partial charge on any atom is -0.394 e. The second-order valence-electron chi connectivity index (χ2n) is 20.4. The van der Waals surface area contributed by atoms with Crippen LogP contribution in [0.3, 0.4) is 0 Å². The smallest absolute Gasteiger partial charge is 0.187 e. The number of ether oxygens (including phenoxy) is 8. The van der Waals surface area contributed by atoms with Crippen LogP contribution in [-0.2, 0) is 37.9 Å². The lowest BCUT2D eigenvalue weighted by Gasteiger charge is -2.55. The summed E-state index contributed by atoms with van der Waals surface area (Å²) in [5.74, 6) is 3.07. The summed E-state index contributed by atoms with van der Waals surface area (Å²) in [5, 5.41) is 95.6. The maximum absolute atomic E-state index is 11.6. The Kier molecular flexibility index (Phi) is 12.9. The molecule has 0 aromatic rings. The zero-order valence-electron chi connectivity index (χ0n) is 35.7. The predicted octanol–water partition coefficient (Wildman–Crippen LogP) is -0.176. The zero-order valence-corrected chi connectivity index (χ0v) is 35.7. The number of aliphatic hydroxyl groups excluding tert-OH is 9. The van der Waals surface area contributed by atoms with Gasteiger partial charge in [0.15, 0.2) is 24.7 Å². The molecule has 8 fully saturated rings. The maximum Gasteiger partial charge on any atom is 0.187 e. The van der Waals surface area contributed by atoms with Gasteiger partial charge >= 0.3 is 0 Å². The minimum atomic E-state index is -1.84. The van der Waals surface area contributed by atoms with Gasteiger partial charge in [-0.15, -0.1) is 0 Å². The highest BCUT2D eigenvalue weighted by Crippen LogP contribution is 2.69. The van der Waals surface area contributed by atoms with E-state index >= 15 is 0 Å². The zero-order chi connectivity index (χ0) is 43.3. The number of allylic oxidation sites excluding steroid dienone is 1. The van der Waals surface area contributed by atoms with Gasteiger partial charge in [-0.05, 0) is 99.2 Å². The number of hydrogen-bond acceptors (Lipinski definition) is 17. The van der Waals surface area contributed by atoms with Crippen LogP contribution in [0.4, 0.5) is 0 Å². The first-order valence-electron chi connectivity index (χ1n) is 23.0. The Morgan fingerprint density at radius 1 is 0.689 bits per heavy atom. The van der Waals surface area contributed by atoms with Crippen LogP contribution in [0.2, 0.25) is 0 Å². The Bertz CT molecular complexity index is 1560. The summed E-state index contributed by atoms with van der Waals surface area (Å²) in [4.78, 5) is 0. The van der Waals surface area contributed by atoms with Crippen molar-refractivity contribution in [3.63, 3.8) is 0 Å². The second-order valence-corrected chi connectivity index (χ2v) is 20.4. The topological polar surface area (TPSA) is 256 Å². The summed E-state index contributed by atoms with van der Waals surface area (Å²) in [6, 6.07) is 0. The Morgan fingerprint density at radius 3 is 2.07 bits per heavy atom. The van der Waals surface area contributed by atoms with Crippen molar-refractivity contribution in [2.75, 3.05) is 19.8 Å². The highest BCUT2D eigenvalue weighted by atomic mass is 16.8. The van der Waals surface area contributed by atoms with Crippen molar-refractivity contribution >= 4 is 0 Å². The number of aliphatic hydroxyl groups is 9. The van der Waals surface area contributed by atoms with E-state index in [2.05, 4.69) is 26.8 Å². The van der Waals surface area contributed by atoms with Crippen LogP contribution in [0.15, 0.2) is 11.6 Å². The van der Waals surface area contributed by atoms with Gasteiger partial charge in [-0.25, -0.2) is 0 Å². The lowest BCUT2D eigenvalue weighted by molar-refractivity contribution is -0.394. The molecule has 26 unspecified atom stereocenters. The van der Waals surface area contributed by atoms with E-state index in [-0.39, 0.29) is 17.6 Å². The molecule has 0 radical (unpaired) electrons. The predicted molar refractivity (Wildman–Crippen MR) is 210 cm³/mol. The van der Waals surface area contributed by atoms with Gasteiger partial charge < -0.3 is 83.9 Å². The molecule has 5 heterocycles. The molecule has 0 bridgehead atoms. The molecular formula is C44H70O17. The van der Waals surface area contributed by atoms with Crippen molar-refractivity contribution in [2.45, 2.75) is 196 Å². The van der Waals surface area contributed by atoms with E-state index in [0.717, 1.165) is 45.1 Å². The molecule has 26 atom stereocenters. The van der Waals surface area contributed by atoms with E-state index in [1.54, 1.807) is 0 Å². The summed E-state index contributed by atoms with van der Waals surface area (Å²) in [5.41, 5.74) is 1.54. The molecule has 0 aromatic carbocycles. The summed E-state index contributed by atoms with van der Waals surface area (Å²) >= 11 is 0. The van der Waals surface area contributed by atoms with E-state index in [1.165, 1.54) is 18.9 Å². The molecule has 348 valence electrons. The Hall–Kier alpha value is -0.940. The lowest BCUT2D eigenvalue weighted by atomic mass is 9.51. The van der Waals surface area contributed by atoms with Gasteiger partial charge in [0.05, 0.1) is 38.1 Å². The number of hydrogen-bond donors (Lipinski definition) is 9. The third-order valence-electron chi connectivity index (χ3n) is 17.0. The van der Waals surface area contributed by atoms with E-state index in [0.29, 0.717) is 54.3 Å². The molecule has 0 aromatic heterocycles. The molecule has 4 aliphatic carbocycles. The second kappa shape index (κ2) is 17.4. The monoisotopic (exact) mass is 870 g/mol. The molecule has 5 aliphatic heterocycles. The number of fused-ring (bicyclic) bond motifs is 7. The largest absolute Gasteiger partial charge is 0.394 e. The van der Waals surface area contributed by atoms with Gasteiger partial charge in [0.1, 0.15) is 67.1 Å². The minimum absolute atomic E-state index is 0.198. The first-order chi connectivity index (χ1) is 29.1. The SMILES string of the molecule is CC1CCC2(OC1)OC1CC3C4CC=C5CC(OC6OC(CO)C(O)C(OC7OC(CO)C(O)C(O)C7O)C6OC6OC(C)C(O)C(O)C6O)CCC5C4CCC3(C)C1C2C. The average molecular weight is 871 g/mol. The fourth-order valence-electron chi connectivity index (χ4n) is 13.6. The van der Waals surface area contributed by atoms with Crippen LogP contribution >= 0.6 is 0 Å². The van der Waals surface area contributed by atoms with Crippen LogP contribution in [-0.4, -0.2) is 176 Å². The average Bonchev–Trinajstić information content (AvgIpc) is 3.70. The third kappa shape index (κ3) is 7.70. The van der Waals surface area contributed by atoms with Crippen molar-refractivity contribution < 1.29 is 83.9 Å². The van der Waals surface area contributed by atoms with Gasteiger partial charge in [-0.2, -0.15) is 0 Å². The standard InChI is InChI=1S/C44H70O17/c1-18-9-12-44(54-17-18)19(2)30-27(61-44)14-26-25-7-5-21-13-22(6-8-23(21)24(25)10-11-43(26,30)4)56-42-39(60-40-36(52)34(50)31(47)20(3)55-40)38(33(49)29(16-46)58-42)59-41-37(53)35(51)32(48)28(15-45)57-41/h5,18-20,22-42,45-53H,6-17H2,1-4H3. The normalized spacial score (nSPS) is 57.2. The lowest BCUT2D eigenvalue weighted by Crippen LogP contribution is -2.67. The van der Waals surface area contributed by atoms with Crippen molar-refractivity contribution in [1.29, 1.82) is 0 Å². The van der Waals surface area contributed by atoms with Gasteiger partial charge in [0.25, 0.3) is 0 Å². The molecule has 3 saturated carbocycles. The van der Waals surface area contributed by atoms with Crippen molar-refractivity contribution in [3.05, 3.63) is 11.6 Å². The summed E-state index contributed by atoms with van der Waals surface area (Å²) < 4.78 is 50.1. The van der Waals surface area contributed by atoms with Crippen molar-refractivity contribution in [3.8, 4) is 0 Å². The molecule has 9 N–H and O–H groups in total. The highest BCUT2D eigenvalue weighted by Gasteiger charge is 2.68. The van der Waals surface area contributed by atoms with Crippen LogP contribution in [0, 0.1) is 46.8 Å². The van der Waals surface area contributed by atoms with Crippen LogP contribution in [0.25, 0.3) is 0 Å². The number of rotatable bonds is 8. The molecular weight excluding hydrogens is 800 g/mol. The van der Waals surface area contributed by atoms with Crippen molar-refractivity contribution in [2.24, 2.45) is 46.8 Å². The molecule has 17 heteroatoms. The van der Waals surface area contributed by atoms with E-state index < -0.39 is 111 Å². The molecule has 5 saturated heterocycles. The van der Waals surface area contributed by atoms with Gasteiger partial charge in [-0.3, -0.25) is 0 Å². The van der Waals surface area contributed by atoms with E-state index in [4.69, 9.17) is 37.9 Å². The molecule has 1 spiro atoms. The van der Waals surface area contributed by atoms with Gasteiger partial charge in [0, 0.05) is 12.3 Å². The molecule has 61 heavy (non-hydrogen) atoms. The molecule has 9 rings (SSSR count).